The summed E-state index contributed by atoms with van der Waals surface area (Å²) in [5, 5.41) is 9.33. The molecule has 1 unspecified atom stereocenters. The zero-order valence-electron chi connectivity index (χ0n) is 5.76. The molecule has 1 aromatic rings. The molecule has 0 saturated carbocycles. The van der Waals surface area contributed by atoms with E-state index in [9.17, 15) is 5.11 Å². The van der Waals surface area contributed by atoms with E-state index in [2.05, 4.69) is 15.9 Å². The second-order valence-electron chi connectivity index (χ2n) is 2.14. The Labute approximate surface area is 78.3 Å². The molecule has 0 aliphatic carbocycles. The zero-order valence-corrected chi connectivity index (χ0v) is 8.10. The van der Waals surface area contributed by atoms with Gasteiger partial charge in [0.15, 0.2) is 4.67 Å². The molecule has 0 bridgehead atoms. The summed E-state index contributed by atoms with van der Waals surface area (Å²) in [5.74, 6) is 0.983. The zero-order chi connectivity index (χ0) is 8.27. The molecule has 0 aliphatic rings. The van der Waals surface area contributed by atoms with Gasteiger partial charge in [-0.3, -0.25) is 0 Å². The van der Waals surface area contributed by atoms with Gasteiger partial charge in [0.05, 0.1) is 0 Å². The van der Waals surface area contributed by atoms with Crippen LogP contribution in [0.4, 0.5) is 0 Å². The predicted molar refractivity (Wildman–Crippen MR) is 46.7 cm³/mol. The van der Waals surface area contributed by atoms with Gasteiger partial charge in [-0.05, 0) is 34.5 Å². The summed E-state index contributed by atoms with van der Waals surface area (Å²) >= 11 is 8.58. The van der Waals surface area contributed by atoms with Crippen molar-refractivity contribution in [2.75, 3.05) is 5.88 Å². The van der Waals surface area contributed by atoms with Crippen molar-refractivity contribution in [1.82, 2.24) is 0 Å². The first-order chi connectivity index (χ1) is 5.24. The van der Waals surface area contributed by atoms with E-state index in [1.807, 2.05) is 0 Å². The van der Waals surface area contributed by atoms with Crippen LogP contribution in [0.25, 0.3) is 0 Å². The first kappa shape index (κ1) is 9.10. The molecule has 0 aliphatic heterocycles. The molecule has 0 radical (unpaired) electrons. The molecular weight excluding hydrogens is 231 g/mol. The van der Waals surface area contributed by atoms with Gasteiger partial charge < -0.3 is 9.52 Å². The molecule has 0 spiro atoms. The maximum Gasteiger partial charge on any atom is 0.169 e. The monoisotopic (exact) mass is 238 g/mol. The first-order valence-electron chi connectivity index (χ1n) is 3.23. The third-order valence-corrected chi connectivity index (χ3v) is 1.95. The van der Waals surface area contributed by atoms with Crippen molar-refractivity contribution in [1.29, 1.82) is 0 Å². The topological polar surface area (TPSA) is 33.4 Å². The fourth-order valence-electron chi connectivity index (χ4n) is 0.753. The summed E-state index contributed by atoms with van der Waals surface area (Å²) in [5.41, 5.74) is 0. The number of aliphatic hydroxyl groups is 1. The maximum atomic E-state index is 9.33. The number of halogens is 2. The van der Waals surface area contributed by atoms with Crippen molar-refractivity contribution in [3.05, 3.63) is 22.6 Å². The van der Waals surface area contributed by atoms with E-state index in [-0.39, 0.29) is 0 Å². The van der Waals surface area contributed by atoms with Crippen LogP contribution in [0.1, 0.15) is 18.3 Å². The van der Waals surface area contributed by atoms with E-state index in [1.165, 1.54) is 0 Å². The van der Waals surface area contributed by atoms with E-state index >= 15 is 0 Å². The molecule has 1 heterocycles. The largest absolute Gasteiger partial charge is 0.452 e. The highest BCUT2D eigenvalue weighted by Crippen LogP contribution is 2.22. The van der Waals surface area contributed by atoms with E-state index in [0.717, 1.165) is 0 Å². The van der Waals surface area contributed by atoms with E-state index in [0.29, 0.717) is 22.7 Å². The lowest BCUT2D eigenvalue weighted by molar-refractivity contribution is 0.145. The van der Waals surface area contributed by atoms with Gasteiger partial charge in [0.25, 0.3) is 0 Å². The molecule has 0 amide bonds. The Morgan fingerprint density at radius 2 is 2.36 bits per heavy atom. The molecule has 11 heavy (non-hydrogen) atoms. The highest BCUT2D eigenvalue weighted by molar-refractivity contribution is 9.10. The van der Waals surface area contributed by atoms with Gasteiger partial charge in [0, 0.05) is 5.88 Å². The van der Waals surface area contributed by atoms with Crippen molar-refractivity contribution in [2.24, 2.45) is 0 Å². The standard InChI is InChI=1S/C7H8BrClO2/c8-7-2-1-6(11-7)5(10)3-4-9/h1-2,5,10H,3-4H2. The summed E-state index contributed by atoms with van der Waals surface area (Å²) in [7, 11) is 0. The number of furan rings is 1. The third-order valence-electron chi connectivity index (χ3n) is 1.30. The van der Waals surface area contributed by atoms with Gasteiger partial charge in [0.1, 0.15) is 11.9 Å². The fraction of sp³-hybridized carbons (Fsp3) is 0.429. The van der Waals surface area contributed by atoms with Gasteiger partial charge >= 0.3 is 0 Å². The lowest BCUT2D eigenvalue weighted by Gasteiger charge is -2.02. The Morgan fingerprint density at radius 1 is 1.64 bits per heavy atom. The van der Waals surface area contributed by atoms with Crippen molar-refractivity contribution in [3.63, 3.8) is 0 Å². The third kappa shape index (κ3) is 2.51. The number of hydrogen-bond acceptors (Lipinski definition) is 2. The Balaban J connectivity index is 2.60. The second-order valence-corrected chi connectivity index (χ2v) is 3.29. The molecule has 1 atom stereocenters. The highest BCUT2D eigenvalue weighted by Gasteiger charge is 2.10. The van der Waals surface area contributed by atoms with E-state index in [1.54, 1.807) is 12.1 Å². The minimum Gasteiger partial charge on any atom is -0.452 e. The summed E-state index contributed by atoms with van der Waals surface area (Å²) in [4.78, 5) is 0. The van der Waals surface area contributed by atoms with E-state index < -0.39 is 6.10 Å². The Bertz CT molecular complexity index is 224. The number of rotatable bonds is 3. The van der Waals surface area contributed by atoms with Gasteiger partial charge in [-0.15, -0.1) is 11.6 Å². The van der Waals surface area contributed by atoms with Crippen molar-refractivity contribution in [2.45, 2.75) is 12.5 Å². The van der Waals surface area contributed by atoms with Crippen LogP contribution in [-0.4, -0.2) is 11.0 Å². The van der Waals surface area contributed by atoms with Crippen LogP contribution in [0, 0.1) is 0 Å². The van der Waals surface area contributed by atoms with E-state index in [4.69, 9.17) is 16.0 Å². The van der Waals surface area contributed by atoms with Crippen LogP contribution in [0.3, 0.4) is 0 Å². The summed E-state index contributed by atoms with van der Waals surface area (Å²) < 4.78 is 5.73. The lowest BCUT2D eigenvalue weighted by atomic mass is 10.2. The quantitative estimate of drug-likeness (QED) is 0.823. The van der Waals surface area contributed by atoms with Crippen LogP contribution in [0.15, 0.2) is 21.2 Å². The van der Waals surface area contributed by atoms with Crippen molar-refractivity contribution in [3.8, 4) is 0 Å². The number of hydrogen-bond donors (Lipinski definition) is 1. The van der Waals surface area contributed by atoms with Crippen molar-refractivity contribution < 1.29 is 9.52 Å². The van der Waals surface area contributed by atoms with Crippen LogP contribution in [-0.2, 0) is 0 Å². The lowest BCUT2D eigenvalue weighted by Crippen LogP contribution is -1.95. The molecule has 1 aromatic heterocycles. The normalized spacial score (nSPS) is 13.4. The van der Waals surface area contributed by atoms with Gasteiger partial charge in [-0.25, -0.2) is 0 Å². The number of aliphatic hydroxyl groups excluding tert-OH is 1. The molecule has 0 fully saturated rings. The molecule has 62 valence electrons. The molecule has 2 nitrogen and oxygen atoms in total. The molecular formula is C7H8BrClO2. The molecule has 0 saturated heterocycles. The van der Waals surface area contributed by atoms with Crippen LogP contribution in [0.2, 0.25) is 0 Å². The van der Waals surface area contributed by atoms with Crippen LogP contribution in [0.5, 0.6) is 0 Å². The molecule has 0 aromatic carbocycles. The average molecular weight is 239 g/mol. The average Bonchev–Trinajstić information content (AvgIpc) is 2.36. The summed E-state index contributed by atoms with van der Waals surface area (Å²) in [6.45, 7) is 0. The number of alkyl halides is 1. The van der Waals surface area contributed by atoms with Gasteiger partial charge in [-0.2, -0.15) is 0 Å². The summed E-state index contributed by atoms with van der Waals surface area (Å²) in [6, 6.07) is 3.47. The minimum absolute atomic E-state index is 0.430. The Hall–Kier alpha value is 0.01000. The highest BCUT2D eigenvalue weighted by atomic mass is 79.9. The first-order valence-corrected chi connectivity index (χ1v) is 4.56. The SMILES string of the molecule is OC(CCCl)c1ccc(Br)o1. The predicted octanol–water partition coefficient (Wildman–Crippen LogP) is 2.70. The molecule has 4 heteroatoms. The van der Waals surface area contributed by atoms with Gasteiger partial charge in [-0.1, -0.05) is 0 Å². The maximum absolute atomic E-state index is 9.33. The fourth-order valence-corrected chi connectivity index (χ4v) is 1.28. The molecule has 1 rings (SSSR count). The Morgan fingerprint density at radius 3 is 2.82 bits per heavy atom. The van der Waals surface area contributed by atoms with Gasteiger partial charge in [0.2, 0.25) is 0 Å². The summed E-state index contributed by atoms with van der Waals surface area (Å²) in [6.07, 6.45) is -0.0691. The van der Waals surface area contributed by atoms with Crippen LogP contribution < -0.4 is 0 Å². The minimum atomic E-state index is -0.584. The smallest absolute Gasteiger partial charge is 0.169 e. The second kappa shape index (κ2) is 4.14. The van der Waals surface area contributed by atoms with Crippen LogP contribution >= 0.6 is 27.5 Å². The Kier molecular flexibility index (Phi) is 3.43. The molecule has 1 N–H and O–H groups in total. The van der Waals surface area contributed by atoms with Crippen molar-refractivity contribution >= 4 is 27.5 Å².